The maximum atomic E-state index is 14.8. The van der Waals surface area contributed by atoms with Crippen molar-refractivity contribution in [2.75, 3.05) is 12.4 Å². The lowest BCUT2D eigenvalue weighted by Gasteiger charge is -2.18. The zero-order valence-electron chi connectivity index (χ0n) is 17.1. The number of aliphatic hydroxyl groups is 1. The number of pyridine rings is 1. The van der Waals surface area contributed by atoms with Crippen LogP contribution in [-0.2, 0) is 17.0 Å². The van der Waals surface area contributed by atoms with E-state index >= 15 is 0 Å². The fourth-order valence-electron chi connectivity index (χ4n) is 2.84. The predicted octanol–water partition coefficient (Wildman–Crippen LogP) is 3.81. The summed E-state index contributed by atoms with van der Waals surface area (Å²) in [4.78, 5) is 21.6. The number of amides is 1. The quantitative estimate of drug-likeness (QED) is 0.390. The Hall–Kier alpha value is -2.92. The van der Waals surface area contributed by atoms with Crippen LogP contribution in [0, 0.1) is 11.6 Å². The molecule has 0 fully saturated rings. The molecule has 1 aromatic carbocycles. The summed E-state index contributed by atoms with van der Waals surface area (Å²) < 4.78 is 29.5. The lowest BCUT2D eigenvalue weighted by Crippen LogP contribution is -2.16. The first kappa shape index (κ1) is 22.8. The second-order valence-electron chi connectivity index (χ2n) is 7.22. The highest BCUT2D eigenvalue weighted by atomic mass is 32.1. The van der Waals surface area contributed by atoms with Gasteiger partial charge in [-0.25, -0.2) is 19.2 Å². The number of nitrogens with one attached hydrogen (secondary N) is 2. The van der Waals surface area contributed by atoms with Gasteiger partial charge in [0.05, 0.1) is 22.4 Å². The molecule has 5 N–H and O–H groups in total. The summed E-state index contributed by atoms with van der Waals surface area (Å²) in [5.41, 5.74) is 7.10. The zero-order valence-corrected chi connectivity index (χ0v) is 17.9. The van der Waals surface area contributed by atoms with Crippen LogP contribution in [0.3, 0.4) is 0 Å². The van der Waals surface area contributed by atoms with Crippen LogP contribution < -0.4 is 16.5 Å². The van der Waals surface area contributed by atoms with Crippen LogP contribution in [0.4, 0.5) is 19.6 Å². The smallest absolute Gasteiger partial charge is 0.251 e. The minimum Gasteiger partial charge on any atom is -0.386 e. The van der Waals surface area contributed by atoms with E-state index in [2.05, 4.69) is 15.8 Å². The lowest BCUT2D eigenvalue weighted by molar-refractivity contribution is 0.0425. The first-order chi connectivity index (χ1) is 14.6. The van der Waals surface area contributed by atoms with E-state index < -0.39 is 23.1 Å². The highest BCUT2D eigenvalue weighted by molar-refractivity contribution is 7.20. The molecule has 3 rings (SSSR count). The Morgan fingerprint density at radius 2 is 1.94 bits per heavy atom. The van der Waals surface area contributed by atoms with Gasteiger partial charge in [-0.2, -0.15) is 0 Å². The number of carbonyl (C=O) groups excluding carboxylic acids is 1. The minimum atomic E-state index is -1.41. The van der Waals surface area contributed by atoms with Crippen molar-refractivity contribution in [2.45, 2.75) is 26.1 Å². The van der Waals surface area contributed by atoms with Crippen LogP contribution in [0.25, 0.3) is 10.4 Å². The van der Waals surface area contributed by atoms with Gasteiger partial charge in [0.1, 0.15) is 29.1 Å². The van der Waals surface area contributed by atoms with Crippen LogP contribution >= 0.6 is 11.3 Å². The molecule has 10 heteroatoms. The number of hydrogen-bond donors (Lipinski definition) is 4. The van der Waals surface area contributed by atoms with Crippen molar-refractivity contribution in [3.63, 3.8) is 0 Å². The van der Waals surface area contributed by atoms with E-state index in [-0.39, 0.29) is 28.2 Å². The molecule has 0 saturated carbocycles. The predicted molar refractivity (Wildman–Crippen MR) is 115 cm³/mol. The number of primary amides is 1. The van der Waals surface area contributed by atoms with E-state index in [0.29, 0.717) is 16.5 Å². The molecule has 0 aliphatic rings. The third-order valence-electron chi connectivity index (χ3n) is 4.41. The summed E-state index contributed by atoms with van der Waals surface area (Å²) >= 11 is 0.963. The number of halogens is 2. The van der Waals surface area contributed by atoms with Crippen LogP contribution in [0.5, 0.6) is 0 Å². The molecular formula is C21H22F2N4O3S. The number of hydroxylamine groups is 1. The Morgan fingerprint density at radius 3 is 2.52 bits per heavy atom. The molecule has 0 radical (unpaired) electrons. The molecular weight excluding hydrogens is 426 g/mol. The normalized spacial score (nSPS) is 11.5. The fourth-order valence-corrected chi connectivity index (χ4v) is 3.96. The molecule has 2 heterocycles. The van der Waals surface area contributed by atoms with Crippen molar-refractivity contribution in [1.82, 2.24) is 10.5 Å². The van der Waals surface area contributed by atoms with Gasteiger partial charge >= 0.3 is 0 Å². The lowest BCUT2D eigenvalue weighted by atomic mass is 9.96. The molecule has 1 amide bonds. The molecule has 3 aromatic rings. The molecule has 31 heavy (non-hydrogen) atoms. The summed E-state index contributed by atoms with van der Waals surface area (Å²) in [6.45, 7) is 3.08. The molecule has 2 aromatic heterocycles. The Morgan fingerprint density at radius 1 is 1.26 bits per heavy atom. The zero-order chi connectivity index (χ0) is 22.8. The Labute approximate surface area is 181 Å². The molecule has 164 valence electrons. The summed E-state index contributed by atoms with van der Waals surface area (Å²) in [7, 11) is 1.63. The van der Waals surface area contributed by atoms with Gasteiger partial charge in [0.25, 0.3) is 5.91 Å². The van der Waals surface area contributed by atoms with Gasteiger partial charge in [-0.1, -0.05) is 6.07 Å². The van der Waals surface area contributed by atoms with Gasteiger partial charge in [-0.15, -0.1) is 11.3 Å². The maximum absolute atomic E-state index is 14.8. The number of nitrogens with zero attached hydrogens (tertiary/aromatic N) is 1. The maximum Gasteiger partial charge on any atom is 0.251 e. The topological polar surface area (TPSA) is 109 Å². The SMILES string of the molecule is CNOCc1cccc(Nc2sc(-c3c(F)cc(C(C)(C)O)cc3F)cc2C(N)=O)n1. The average molecular weight is 448 g/mol. The molecule has 7 nitrogen and oxygen atoms in total. The highest BCUT2D eigenvalue weighted by Crippen LogP contribution is 2.40. The van der Waals surface area contributed by atoms with Crippen molar-refractivity contribution < 1.29 is 23.5 Å². The molecule has 0 saturated heterocycles. The highest BCUT2D eigenvalue weighted by Gasteiger charge is 2.24. The van der Waals surface area contributed by atoms with Crippen molar-refractivity contribution in [3.8, 4) is 10.4 Å². The first-order valence-electron chi connectivity index (χ1n) is 9.27. The number of nitrogens with two attached hydrogens (primary N) is 1. The number of rotatable bonds is 8. The van der Waals surface area contributed by atoms with Crippen LogP contribution in [0.1, 0.15) is 35.5 Å². The molecule has 0 aliphatic heterocycles. The summed E-state index contributed by atoms with van der Waals surface area (Å²) in [5.74, 6) is -2.06. The summed E-state index contributed by atoms with van der Waals surface area (Å²) in [6, 6.07) is 8.65. The van der Waals surface area contributed by atoms with E-state index in [1.54, 1.807) is 25.2 Å². The molecule has 0 bridgehead atoms. The number of aromatic nitrogens is 1. The standard InChI is InChI=1S/C21H22F2N4O3S/c1-21(2,29)11-7-14(22)18(15(23)8-11)16-9-13(19(24)28)20(31-16)27-17-6-4-5-12(26-17)10-30-25-3/h4-9,25,29H,10H2,1-3H3,(H2,24,28)(H,26,27). The Bertz CT molecular complexity index is 1090. The second-order valence-corrected chi connectivity index (χ2v) is 8.28. The molecule has 0 aliphatic carbocycles. The third kappa shape index (κ3) is 5.23. The van der Waals surface area contributed by atoms with Crippen molar-refractivity contribution in [2.24, 2.45) is 5.73 Å². The first-order valence-corrected chi connectivity index (χ1v) is 10.1. The van der Waals surface area contributed by atoms with Crippen molar-refractivity contribution in [1.29, 1.82) is 0 Å². The fraction of sp³-hybridized carbons (Fsp3) is 0.238. The van der Waals surface area contributed by atoms with E-state index in [9.17, 15) is 18.7 Å². The average Bonchev–Trinajstić information content (AvgIpc) is 3.09. The monoisotopic (exact) mass is 448 g/mol. The summed E-state index contributed by atoms with van der Waals surface area (Å²) in [5, 5.41) is 13.3. The number of hydrogen-bond acceptors (Lipinski definition) is 7. The number of benzene rings is 1. The van der Waals surface area contributed by atoms with Crippen molar-refractivity contribution >= 4 is 28.1 Å². The van der Waals surface area contributed by atoms with Gasteiger partial charge < -0.3 is 16.2 Å². The Balaban J connectivity index is 2.00. The van der Waals surface area contributed by atoms with Gasteiger partial charge in [-0.05, 0) is 49.7 Å². The van der Waals surface area contributed by atoms with Crippen LogP contribution in [0.15, 0.2) is 36.4 Å². The van der Waals surface area contributed by atoms with Gasteiger partial charge in [0, 0.05) is 11.9 Å². The van der Waals surface area contributed by atoms with Gasteiger partial charge in [0.15, 0.2) is 0 Å². The Kier molecular flexibility index (Phi) is 6.65. The van der Waals surface area contributed by atoms with E-state index in [1.807, 2.05) is 0 Å². The molecule has 0 spiro atoms. The van der Waals surface area contributed by atoms with E-state index in [4.69, 9.17) is 10.6 Å². The number of anilines is 2. The number of carbonyl (C=O) groups is 1. The van der Waals surface area contributed by atoms with Crippen molar-refractivity contribution in [3.05, 3.63) is 64.9 Å². The largest absolute Gasteiger partial charge is 0.386 e. The second kappa shape index (κ2) is 9.06. The minimum absolute atomic E-state index is 0.0732. The van der Waals surface area contributed by atoms with E-state index in [1.165, 1.54) is 19.9 Å². The summed E-state index contributed by atoms with van der Waals surface area (Å²) in [6.07, 6.45) is 0. The van der Waals surface area contributed by atoms with Gasteiger partial charge in [-0.3, -0.25) is 9.63 Å². The van der Waals surface area contributed by atoms with E-state index in [0.717, 1.165) is 23.5 Å². The molecule has 0 unspecified atom stereocenters. The number of thiophene rings is 1. The van der Waals surface area contributed by atoms with Crippen LogP contribution in [0.2, 0.25) is 0 Å². The third-order valence-corrected chi connectivity index (χ3v) is 5.47. The molecule has 0 atom stereocenters. The van der Waals surface area contributed by atoms with Crippen LogP contribution in [-0.4, -0.2) is 23.0 Å². The van der Waals surface area contributed by atoms with Gasteiger partial charge in [0.2, 0.25) is 0 Å².